The molecule has 8 nitrogen and oxygen atoms in total. The van der Waals surface area contributed by atoms with Crippen LogP contribution >= 0.6 is 0 Å². The van der Waals surface area contributed by atoms with Gasteiger partial charge in [0.05, 0.1) is 0 Å². The molecular weight excluding hydrogens is 266 g/mol. The average molecular weight is 285 g/mol. The second-order valence-corrected chi connectivity index (χ2v) is 5.53. The van der Waals surface area contributed by atoms with Gasteiger partial charge in [0.15, 0.2) is 0 Å². The highest BCUT2D eigenvalue weighted by atomic mass is 16.4. The van der Waals surface area contributed by atoms with Crippen LogP contribution in [0.15, 0.2) is 0 Å². The Morgan fingerprint density at radius 1 is 1.35 bits per heavy atom. The number of carbonyl (C=O) groups is 4. The Hall–Kier alpha value is -2.12. The predicted octanol–water partition coefficient (Wildman–Crippen LogP) is -0.458. The standard InChI is InChI=1S/C12H19N3O5/c1-6(2)8(9(17)18)14-11(20)15-5-7(16)13-10(19)12(15,3)4/h6,8H,5H2,1-4H3,(H,14,20)(H,17,18)(H,13,16,19). The summed E-state index contributed by atoms with van der Waals surface area (Å²) in [7, 11) is 0. The van der Waals surface area contributed by atoms with E-state index in [0.29, 0.717) is 0 Å². The number of nitrogens with one attached hydrogen (secondary N) is 2. The summed E-state index contributed by atoms with van der Waals surface area (Å²) in [5.74, 6) is -2.69. The molecule has 3 N–H and O–H groups in total. The quantitative estimate of drug-likeness (QED) is 0.607. The fraction of sp³-hybridized carbons (Fsp3) is 0.667. The smallest absolute Gasteiger partial charge is 0.326 e. The van der Waals surface area contributed by atoms with Crippen molar-refractivity contribution in [2.24, 2.45) is 5.92 Å². The summed E-state index contributed by atoms with van der Waals surface area (Å²) in [6.45, 7) is 5.98. The van der Waals surface area contributed by atoms with Gasteiger partial charge in [0, 0.05) is 0 Å². The van der Waals surface area contributed by atoms with E-state index in [1.54, 1.807) is 13.8 Å². The number of hydrogen-bond acceptors (Lipinski definition) is 4. The molecule has 8 heteroatoms. The third-order valence-corrected chi connectivity index (χ3v) is 3.24. The van der Waals surface area contributed by atoms with Crippen molar-refractivity contribution in [3.63, 3.8) is 0 Å². The fourth-order valence-electron chi connectivity index (χ4n) is 1.83. The zero-order valence-electron chi connectivity index (χ0n) is 11.9. The number of piperazine rings is 1. The van der Waals surface area contributed by atoms with E-state index in [9.17, 15) is 19.2 Å². The number of aliphatic carboxylic acids is 1. The van der Waals surface area contributed by atoms with Crippen LogP contribution in [-0.2, 0) is 14.4 Å². The molecule has 0 aliphatic carbocycles. The third kappa shape index (κ3) is 3.06. The molecule has 1 heterocycles. The maximum Gasteiger partial charge on any atom is 0.326 e. The van der Waals surface area contributed by atoms with E-state index in [2.05, 4.69) is 10.6 Å². The van der Waals surface area contributed by atoms with Gasteiger partial charge in [-0.25, -0.2) is 9.59 Å². The first kappa shape index (κ1) is 15.9. The van der Waals surface area contributed by atoms with Crippen LogP contribution in [0.25, 0.3) is 0 Å². The van der Waals surface area contributed by atoms with Gasteiger partial charge in [0.25, 0.3) is 5.91 Å². The van der Waals surface area contributed by atoms with Gasteiger partial charge in [-0.3, -0.25) is 14.9 Å². The summed E-state index contributed by atoms with van der Waals surface area (Å²) >= 11 is 0. The van der Waals surface area contributed by atoms with Gasteiger partial charge in [-0.1, -0.05) is 13.8 Å². The average Bonchev–Trinajstić information content (AvgIpc) is 2.29. The second kappa shape index (κ2) is 5.48. The summed E-state index contributed by atoms with van der Waals surface area (Å²) in [5.41, 5.74) is -1.22. The molecule has 1 fully saturated rings. The molecule has 1 unspecified atom stereocenters. The minimum Gasteiger partial charge on any atom is -0.480 e. The van der Waals surface area contributed by atoms with Crippen LogP contribution in [0.1, 0.15) is 27.7 Å². The van der Waals surface area contributed by atoms with E-state index in [1.165, 1.54) is 13.8 Å². The monoisotopic (exact) mass is 285 g/mol. The van der Waals surface area contributed by atoms with E-state index >= 15 is 0 Å². The fourth-order valence-corrected chi connectivity index (χ4v) is 1.83. The van der Waals surface area contributed by atoms with Gasteiger partial charge in [-0.15, -0.1) is 0 Å². The van der Waals surface area contributed by atoms with E-state index in [0.717, 1.165) is 4.90 Å². The molecule has 20 heavy (non-hydrogen) atoms. The van der Waals surface area contributed by atoms with Crippen LogP contribution < -0.4 is 10.6 Å². The largest absolute Gasteiger partial charge is 0.480 e. The van der Waals surface area contributed by atoms with Crippen LogP contribution in [0, 0.1) is 5.92 Å². The molecule has 0 saturated carbocycles. The number of carboxylic acid groups (broad SMARTS) is 1. The van der Waals surface area contributed by atoms with Crippen molar-refractivity contribution in [3.8, 4) is 0 Å². The molecule has 0 radical (unpaired) electrons. The van der Waals surface area contributed by atoms with Crippen molar-refractivity contribution >= 4 is 23.8 Å². The number of hydrogen-bond donors (Lipinski definition) is 3. The van der Waals surface area contributed by atoms with Gasteiger partial charge < -0.3 is 15.3 Å². The molecular formula is C12H19N3O5. The molecule has 0 aromatic rings. The van der Waals surface area contributed by atoms with Crippen molar-refractivity contribution in [3.05, 3.63) is 0 Å². The van der Waals surface area contributed by atoms with Crippen LogP contribution in [0.5, 0.6) is 0 Å². The maximum absolute atomic E-state index is 12.1. The normalized spacial score (nSPS) is 19.6. The van der Waals surface area contributed by atoms with Crippen LogP contribution in [0.4, 0.5) is 4.79 Å². The van der Waals surface area contributed by atoms with Gasteiger partial charge in [0.2, 0.25) is 5.91 Å². The molecule has 1 saturated heterocycles. The Kier molecular flexibility index (Phi) is 4.36. The summed E-state index contributed by atoms with van der Waals surface area (Å²) in [6.07, 6.45) is 0. The highest BCUT2D eigenvalue weighted by Gasteiger charge is 2.44. The Morgan fingerprint density at radius 2 is 1.90 bits per heavy atom. The zero-order valence-corrected chi connectivity index (χ0v) is 11.9. The van der Waals surface area contributed by atoms with E-state index in [4.69, 9.17) is 5.11 Å². The molecule has 0 bridgehead atoms. The summed E-state index contributed by atoms with van der Waals surface area (Å²) in [6, 6.07) is -1.84. The lowest BCUT2D eigenvalue weighted by Crippen LogP contribution is -2.68. The molecule has 1 aliphatic rings. The molecule has 1 rings (SSSR count). The number of urea groups is 1. The van der Waals surface area contributed by atoms with Crippen LogP contribution in [0.3, 0.4) is 0 Å². The first-order chi connectivity index (χ1) is 9.07. The van der Waals surface area contributed by atoms with Gasteiger partial charge in [-0.05, 0) is 19.8 Å². The third-order valence-electron chi connectivity index (χ3n) is 3.24. The number of imide groups is 1. The minimum atomic E-state index is -1.22. The minimum absolute atomic E-state index is 0.297. The lowest BCUT2D eigenvalue weighted by molar-refractivity contribution is -0.142. The van der Waals surface area contributed by atoms with Crippen molar-refractivity contribution in [1.82, 2.24) is 15.5 Å². The molecule has 0 aromatic heterocycles. The molecule has 112 valence electrons. The number of carboxylic acids is 1. The maximum atomic E-state index is 12.1. The van der Waals surface area contributed by atoms with Crippen LogP contribution in [0.2, 0.25) is 0 Å². The van der Waals surface area contributed by atoms with Gasteiger partial charge in [0.1, 0.15) is 18.1 Å². The Labute approximate surface area is 116 Å². The molecule has 0 spiro atoms. The number of nitrogens with zero attached hydrogens (tertiary/aromatic N) is 1. The Bertz CT molecular complexity index is 458. The van der Waals surface area contributed by atoms with Gasteiger partial charge in [-0.2, -0.15) is 0 Å². The topological polar surface area (TPSA) is 116 Å². The lowest BCUT2D eigenvalue weighted by Gasteiger charge is -2.40. The summed E-state index contributed by atoms with van der Waals surface area (Å²) < 4.78 is 0. The molecule has 0 aromatic carbocycles. The second-order valence-electron chi connectivity index (χ2n) is 5.53. The number of amides is 4. The first-order valence-corrected chi connectivity index (χ1v) is 6.22. The van der Waals surface area contributed by atoms with Crippen molar-refractivity contribution in [2.75, 3.05) is 6.54 Å². The highest BCUT2D eigenvalue weighted by molar-refractivity contribution is 6.06. The zero-order chi connectivity index (χ0) is 15.7. The highest BCUT2D eigenvalue weighted by Crippen LogP contribution is 2.18. The summed E-state index contributed by atoms with van der Waals surface area (Å²) in [5, 5.41) is 13.5. The van der Waals surface area contributed by atoms with Crippen molar-refractivity contribution in [1.29, 1.82) is 0 Å². The Morgan fingerprint density at radius 3 is 2.35 bits per heavy atom. The van der Waals surface area contributed by atoms with Gasteiger partial charge >= 0.3 is 12.0 Å². The molecule has 1 aliphatic heterocycles. The Balaban J connectivity index is 2.92. The van der Waals surface area contributed by atoms with Crippen molar-refractivity contribution < 1.29 is 24.3 Å². The predicted molar refractivity (Wildman–Crippen MR) is 68.7 cm³/mol. The molecule has 4 amide bonds. The summed E-state index contributed by atoms with van der Waals surface area (Å²) in [4.78, 5) is 47.3. The number of rotatable bonds is 3. The lowest BCUT2D eigenvalue weighted by atomic mass is 9.99. The van der Waals surface area contributed by atoms with E-state index in [1.807, 2.05) is 0 Å². The van der Waals surface area contributed by atoms with E-state index < -0.39 is 35.4 Å². The SMILES string of the molecule is CC(C)C(NC(=O)N1CC(=O)NC(=O)C1(C)C)C(=O)O. The first-order valence-electron chi connectivity index (χ1n) is 6.22. The van der Waals surface area contributed by atoms with E-state index in [-0.39, 0.29) is 12.5 Å². The van der Waals surface area contributed by atoms with Crippen LogP contribution in [-0.4, -0.2) is 51.9 Å². The number of carbonyl (C=O) groups excluding carboxylic acids is 3. The molecule has 1 atom stereocenters. The van der Waals surface area contributed by atoms with Crippen molar-refractivity contribution in [2.45, 2.75) is 39.3 Å².